The van der Waals surface area contributed by atoms with Gasteiger partial charge in [0.25, 0.3) is 0 Å². The first-order valence-electron chi connectivity index (χ1n) is 19.4. The summed E-state index contributed by atoms with van der Waals surface area (Å²) in [5.74, 6) is 0. The first kappa shape index (κ1) is 47.9. The van der Waals surface area contributed by atoms with Gasteiger partial charge in [-0.05, 0) is 12.8 Å². The van der Waals surface area contributed by atoms with Crippen molar-refractivity contribution in [1.82, 2.24) is 0 Å². The largest absolute Gasteiger partial charge is 0.399 e. The highest BCUT2D eigenvalue weighted by atomic mass is 32.3. The summed E-state index contributed by atoms with van der Waals surface area (Å²) in [7, 11) is -8.49. The van der Waals surface area contributed by atoms with Crippen LogP contribution < -0.4 is 0 Å². The summed E-state index contributed by atoms with van der Waals surface area (Å²) in [5, 5.41) is 0. The van der Waals surface area contributed by atoms with Crippen LogP contribution >= 0.6 is 0 Å². The molecule has 10 heteroatoms. The third-order valence-electron chi connectivity index (χ3n) is 8.45. The minimum absolute atomic E-state index is 0.250. The van der Waals surface area contributed by atoms with Crippen LogP contribution in [0.25, 0.3) is 0 Å². The minimum atomic E-state index is -4.67. The van der Waals surface area contributed by atoms with E-state index in [1.54, 1.807) is 0 Å². The molecule has 0 aromatic rings. The predicted molar refractivity (Wildman–Crippen MR) is 194 cm³/mol. The van der Waals surface area contributed by atoms with Crippen molar-refractivity contribution in [3.8, 4) is 0 Å². The average Bonchev–Trinajstić information content (AvgIpc) is 2.99. The summed E-state index contributed by atoms with van der Waals surface area (Å²) in [5.41, 5.74) is 0. The Balaban J connectivity index is 0. The SMILES string of the molecule is CCCCCCCCCCCCCCCCCCOS(=O)(=O)OCCCCCCCCCCCCCCCCCC.O=S(=O)(O)O. The molecule has 0 fully saturated rings. The van der Waals surface area contributed by atoms with Crippen LogP contribution in [-0.4, -0.2) is 39.2 Å². The Kier molecular flexibility index (Phi) is 39.1. The normalized spacial score (nSPS) is 11.9. The van der Waals surface area contributed by atoms with Crippen LogP contribution in [0.5, 0.6) is 0 Å². The van der Waals surface area contributed by atoms with Crippen molar-refractivity contribution in [2.24, 2.45) is 0 Å². The lowest BCUT2D eigenvalue weighted by Crippen LogP contribution is -2.12. The van der Waals surface area contributed by atoms with Crippen molar-refractivity contribution in [3.63, 3.8) is 0 Å². The summed E-state index contributed by atoms with van der Waals surface area (Å²) in [6.45, 7) is 5.06. The van der Waals surface area contributed by atoms with Crippen LogP contribution in [0, 0.1) is 0 Å². The number of unbranched alkanes of at least 4 members (excludes halogenated alkanes) is 30. The molecule has 0 amide bonds. The van der Waals surface area contributed by atoms with E-state index in [1.165, 1.54) is 180 Å². The fraction of sp³-hybridized carbons (Fsp3) is 1.00. The van der Waals surface area contributed by atoms with Crippen LogP contribution in [0.4, 0.5) is 0 Å². The molecule has 8 nitrogen and oxygen atoms in total. The molecule has 0 aromatic carbocycles. The van der Waals surface area contributed by atoms with Gasteiger partial charge in [0, 0.05) is 0 Å². The van der Waals surface area contributed by atoms with Crippen LogP contribution in [-0.2, 0) is 29.2 Å². The van der Waals surface area contributed by atoms with E-state index in [4.69, 9.17) is 25.9 Å². The molecule has 0 aliphatic heterocycles. The molecule has 0 saturated heterocycles. The van der Waals surface area contributed by atoms with E-state index in [0.717, 1.165) is 25.7 Å². The van der Waals surface area contributed by atoms with Gasteiger partial charge < -0.3 is 0 Å². The number of rotatable bonds is 36. The fourth-order valence-electron chi connectivity index (χ4n) is 5.66. The topological polar surface area (TPSA) is 127 Å². The molecule has 2 N–H and O–H groups in total. The molecule has 46 heavy (non-hydrogen) atoms. The molecule has 0 bridgehead atoms. The van der Waals surface area contributed by atoms with E-state index in [0.29, 0.717) is 0 Å². The molecule has 0 aliphatic rings. The summed E-state index contributed by atoms with van der Waals surface area (Å²) < 4.78 is 65.5. The van der Waals surface area contributed by atoms with Crippen molar-refractivity contribution in [3.05, 3.63) is 0 Å². The minimum Gasteiger partial charge on any atom is -0.264 e. The molecule has 0 saturated carbocycles. The van der Waals surface area contributed by atoms with Gasteiger partial charge in [-0.2, -0.15) is 16.8 Å². The molecule has 0 aliphatic carbocycles. The fourth-order valence-corrected chi connectivity index (χ4v) is 6.37. The van der Waals surface area contributed by atoms with E-state index in [-0.39, 0.29) is 13.2 Å². The lowest BCUT2D eigenvalue weighted by Gasteiger charge is -2.07. The maximum Gasteiger partial charge on any atom is 0.399 e. The van der Waals surface area contributed by atoms with Gasteiger partial charge in [-0.1, -0.05) is 206 Å². The maximum absolute atomic E-state index is 11.9. The summed E-state index contributed by atoms with van der Waals surface area (Å²) in [4.78, 5) is 0. The third-order valence-corrected chi connectivity index (χ3v) is 9.36. The molecular formula is C36H76O8S2. The Morgan fingerprint density at radius 1 is 0.326 bits per heavy atom. The molecule has 0 heterocycles. The third kappa shape index (κ3) is 50.6. The van der Waals surface area contributed by atoms with Gasteiger partial charge in [0.1, 0.15) is 0 Å². The van der Waals surface area contributed by atoms with Crippen LogP contribution in [0.3, 0.4) is 0 Å². The van der Waals surface area contributed by atoms with Crippen molar-refractivity contribution in [2.75, 3.05) is 13.2 Å². The number of hydrogen-bond donors (Lipinski definition) is 2. The van der Waals surface area contributed by atoms with E-state index < -0.39 is 20.8 Å². The predicted octanol–water partition coefficient (Wildman–Crippen LogP) is 12.1. The van der Waals surface area contributed by atoms with Gasteiger partial charge in [-0.15, -0.1) is 0 Å². The average molecular weight is 701 g/mol. The van der Waals surface area contributed by atoms with Gasteiger partial charge in [0.05, 0.1) is 13.2 Å². The van der Waals surface area contributed by atoms with Gasteiger partial charge >= 0.3 is 20.8 Å². The van der Waals surface area contributed by atoms with Crippen molar-refractivity contribution < 1.29 is 34.3 Å². The molecule has 0 rings (SSSR count). The summed E-state index contributed by atoms with van der Waals surface area (Å²) in [6, 6.07) is 0. The lowest BCUT2D eigenvalue weighted by atomic mass is 10.0. The second kappa shape index (κ2) is 37.6. The second-order valence-electron chi connectivity index (χ2n) is 13.1. The molecule has 0 aromatic heterocycles. The first-order chi connectivity index (χ1) is 22.1. The lowest BCUT2D eigenvalue weighted by molar-refractivity contribution is 0.208. The van der Waals surface area contributed by atoms with Gasteiger partial charge in [0.15, 0.2) is 0 Å². The monoisotopic (exact) mass is 700 g/mol. The smallest absolute Gasteiger partial charge is 0.264 e. The van der Waals surface area contributed by atoms with E-state index >= 15 is 0 Å². The van der Waals surface area contributed by atoms with Crippen molar-refractivity contribution >= 4 is 20.8 Å². The first-order valence-corrected chi connectivity index (χ1v) is 22.1. The van der Waals surface area contributed by atoms with Gasteiger partial charge in [-0.3, -0.25) is 9.11 Å². The van der Waals surface area contributed by atoms with Gasteiger partial charge in [-0.25, -0.2) is 8.37 Å². The van der Waals surface area contributed by atoms with Crippen molar-refractivity contribution in [2.45, 2.75) is 219 Å². The molecule has 0 radical (unpaired) electrons. The Labute approximate surface area is 286 Å². The zero-order valence-electron chi connectivity index (χ0n) is 30.2. The molecule has 0 spiro atoms. The highest BCUT2D eigenvalue weighted by molar-refractivity contribution is 7.81. The van der Waals surface area contributed by atoms with Crippen LogP contribution in [0.2, 0.25) is 0 Å². The molecule has 0 unspecified atom stereocenters. The second-order valence-corrected chi connectivity index (χ2v) is 15.3. The quantitative estimate of drug-likeness (QED) is 0.0488. The van der Waals surface area contributed by atoms with Crippen molar-refractivity contribution in [1.29, 1.82) is 0 Å². The van der Waals surface area contributed by atoms with E-state index in [1.807, 2.05) is 0 Å². The Morgan fingerprint density at radius 3 is 0.652 bits per heavy atom. The van der Waals surface area contributed by atoms with Crippen LogP contribution in [0.1, 0.15) is 219 Å². The Morgan fingerprint density at radius 2 is 0.478 bits per heavy atom. The maximum atomic E-state index is 11.9. The summed E-state index contributed by atoms with van der Waals surface area (Å²) in [6.07, 6.45) is 41.8. The highest BCUT2D eigenvalue weighted by Gasteiger charge is 2.11. The molecule has 280 valence electrons. The van der Waals surface area contributed by atoms with E-state index in [9.17, 15) is 8.42 Å². The Bertz CT molecular complexity index is 736. The number of hydrogen-bond acceptors (Lipinski definition) is 6. The van der Waals surface area contributed by atoms with Crippen LogP contribution in [0.15, 0.2) is 0 Å². The molecular weight excluding hydrogens is 625 g/mol. The standard InChI is InChI=1S/C36H74O4S.H2O4S/c1-3-5-7-9-11-13-15-17-19-21-23-25-27-29-31-33-35-39-41(37,38)40-36-34-32-30-28-26-24-22-20-18-16-14-12-10-8-6-4-2;1-5(2,3)4/h3-36H2,1-2H3;(H2,1,2,3,4). The zero-order valence-corrected chi connectivity index (χ0v) is 31.8. The highest BCUT2D eigenvalue weighted by Crippen LogP contribution is 2.15. The van der Waals surface area contributed by atoms with Gasteiger partial charge in [0.2, 0.25) is 0 Å². The molecule has 0 atom stereocenters. The van der Waals surface area contributed by atoms with E-state index in [2.05, 4.69) is 13.8 Å². The summed E-state index contributed by atoms with van der Waals surface area (Å²) >= 11 is 0. The zero-order chi connectivity index (χ0) is 34.5. The Hall–Kier alpha value is -0.260.